The van der Waals surface area contributed by atoms with Gasteiger partial charge in [-0.05, 0) is 42.0 Å². The molecule has 1 saturated heterocycles. The van der Waals surface area contributed by atoms with E-state index >= 15 is 0 Å². The highest BCUT2D eigenvalue weighted by Gasteiger charge is 2.39. The summed E-state index contributed by atoms with van der Waals surface area (Å²) in [4.78, 5) is 37.8. The summed E-state index contributed by atoms with van der Waals surface area (Å²) in [5, 5.41) is 3.12. The lowest BCUT2D eigenvalue weighted by atomic mass is 10.1. The molecule has 1 N–H and O–H groups in total. The standard InChI is InChI=1S/C21H22N2O6/c1-27-17-9-4-13(10-18(17)28-2)12-22-16-11-19(24)23(20(16)25)15-7-5-14(6-8-15)21(26)29-3/h4-10,16,22H,11-12H2,1-3H3/t16-/m1/s1. The summed E-state index contributed by atoms with van der Waals surface area (Å²) in [5.74, 6) is 0.0925. The van der Waals surface area contributed by atoms with Gasteiger partial charge < -0.3 is 19.5 Å². The number of carbonyl (C=O) groups is 3. The van der Waals surface area contributed by atoms with E-state index < -0.39 is 12.0 Å². The zero-order chi connectivity index (χ0) is 21.0. The van der Waals surface area contributed by atoms with Gasteiger partial charge in [0.05, 0.1) is 45.0 Å². The lowest BCUT2D eigenvalue weighted by molar-refractivity contribution is -0.121. The van der Waals surface area contributed by atoms with Crippen molar-refractivity contribution in [2.24, 2.45) is 0 Å². The quantitative estimate of drug-likeness (QED) is 0.562. The number of ether oxygens (including phenoxy) is 3. The highest BCUT2D eigenvalue weighted by atomic mass is 16.5. The molecule has 0 aliphatic carbocycles. The van der Waals surface area contributed by atoms with E-state index in [-0.39, 0.29) is 18.2 Å². The van der Waals surface area contributed by atoms with Crippen molar-refractivity contribution in [2.75, 3.05) is 26.2 Å². The minimum Gasteiger partial charge on any atom is -0.493 e. The van der Waals surface area contributed by atoms with Gasteiger partial charge >= 0.3 is 5.97 Å². The number of methoxy groups -OCH3 is 3. The van der Waals surface area contributed by atoms with Gasteiger partial charge in [-0.2, -0.15) is 0 Å². The van der Waals surface area contributed by atoms with Gasteiger partial charge in [-0.3, -0.25) is 9.59 Å². The molecule has 0 aromatic heterocycles. The van der Waals surface area contributed by atoms with E-state index in [0.717, 1.165) is 10.5 Å². The molecule has 0 bridgehead atoms. The van der Waals surface area contributed by atoms with Crippen LogP contribution in [0.1, 0.15) is 22.3 Å². The number of imide groups is 1. The molecular weight excluding hydrogens is 376 g/mol. The van der Waals surface area contributed by atoms with Crippen LogP contribution in [0.3, 0.4) is 0 Å². The van der Waals surface area contributed by atoms with Gasteiger partial charge in [-0.25, -0.2) is 9.69 Å². The topological polar surface area (TPSA) is 94.2 Å². The van der Waals surface area contributed by atoms with Gasteiger partial charge in [0.2, 0.25) is 5.91 Å². The first-order valence-corrected chi connectivity index (χ1v) is 8.98. The van der Waals surface area contributed by atoms with Crippen LogP contribution in [0.2, 0.25) is 0 Å². The first-order valence-electron chi connectivity index (χ1n) is 8.98. The van der Waals surface area contributed by atoms with Crippen LogP contribution in [0.25, 0.3) is 0 Å². The van der Waals surface area contributed by atoms with Crippen LogP contribution in [-0.2, 0) is 20.9 Å². The van der Waals surface area contributed by atoms with Crippen molar-refractivity contribution in [1.82, 2.24) is 5.32 Å². The van der Waals surface area contributed by atoms with Crippen molar-refractivity contribution in [3.8, 4) is 11.5 Å². The Kier molecular flexibility index (Phi) is 6.13. The number of nitrogens with one attached hydrogen (secondary N) is 1. The largest absolute Gasteiger partial charge is 0.493 e. The molecule has 3 rings (SSSR count). The maximum absolute atomic E-state index is 12.7. The molecular formula is C21H22N2O6. The summed E-state index contributed by atoms with van der Waals surface area (Å²) in [7, 11) is 4.40. The third-order valence-corrected chi connectivity index (χ3v) is 4.69. The summed E-state index contributed by atoms with van der Waals surface area (Å²) < 4.78 is 15.1. The lowest BCUT2D eigenvalue weighted by Gasteiger charge is -2.16. The van der Waals surface area contributed by atoms with E-state index in [1.807, 2.05) is 12.1 Å². The fourth-order valence-corrected chi connectivity index (χ4v) is 3.16. The van der Waals surface area contributed by atoms with Crippen LogP contribution >= 0.6 is 0 Å². The zero-order valence-corrected chi connectivity index (χ0v) is 16.4. The predicted molar refractivity (Wildman–Crippen MR) is 105 cm³/mol. The van der Waals surface area contributed by atoms with E-state index in [1.165, 1.54) is 19.2 Å². The molecule has 2 amide bonds. The van der Waals surface area contributed by atoms with Crippen molar-refractivity contribution >= 4 is 23.5 Å². The predicted octanol–water partition coefficient (Wildman–Crippen LogP) is 1.91. The molecule has 8 nitrogen and oxygen atoms in total. The number of nitrogens with zero attached hydrogens (tertiary/aromatic N) is 1. The molecule has 2 aromatic carbocycles. The fraction of sp³-hybridized carbons (Fsp3) is 0.286. The lowest BCUT2D eigenvalue weighted by Crippen LogP contribution is -2.38. The average molecular weight is 398 g/mol. The Morgan fingerprint density at radius 3 is 2.34 bits per heavy atom. The molecule has 2 aromatic rings. The van der Waals surface area contributed by atoms with Crippen LogP contribution < -0.4 is 19.7 Å². The highest BCUT2D eigenvalue weighted by molar-refractivity contribution is 6.22. The second kappa shape index (κ2) is 8.74. The van der Waals surface area contributed by atoms with Crippen LogP contribution in [-0.4, -0.2) is 45.2 Å². The minimum absolute atomic E-state index is 0.0604. The number of hydrogen-bond donors (Lipinski definition) is 1. The van der Waals surface area contributed by atoms with Gasteiger partial charge in [-0.15, -0.1) is 0 Å². The van der Waals surface area contributed by atoms with Crippen molar-refractivity contribution in [3.05, 3.63) is 53.6 Å². The molecule has 1 fully saturated rings. The average Bonchev–Trinajstić information content (AvgIpc) is 3.04. The van der Waals surface area contributed by atoms with Gasteiger partial charge in [0.25, 0.3) is 5.91 Å². The van der Waals surface area contributed by atoms with Crippen molar-refractivity contribution < 1.29 is 28.6 Å². The Hall–Kier alpha value is -3.39. The molecule has 1 heterocycles. The molecule has 1 aliphatic heterocycles. The molecule has 0 spiro atoms. The second-order valence-corrected chi connectivity index (χ2v) is 6.43. The molecule has 1 aliphatic rings. The van der Waals surface area contributed by atoms with Crippen LogP contribution in [0.5, 0.6) is 11.5 Å². The second-order valence-electron chi connectivity index (χ2n) is 6.43. The molecule has 29 heavy (non-hydrogen) atoms. The van der Waals surface area contributed by atoms with Crippen LogP contribution in [0.4, 0.5) is 5.69 Å². The fourth-order valence-electron chi connectivity index (χ4n) is 3.16. The third kappa shape index (κ3) is 4.22. The van der Waals surface area contributed by atoms with E-state index in [4.69, 9.17) is 9.47 Å². The summed E-state index contributed by atoms with van der Waals surface area (Å²) in [6.07, 6.45) is 0.0604. The SMILES string of the molecule is COC(=O)c1ccc(N2C(=O)C[C@@H](NCc3ccc(OC)c(OC)c3)C2=O)cc1. The van der Waals surface area contributed by atoms with E-state index in [0.29, 0.717) is 29.3 Å². The number of esters is 1. The van der Waals surface area contributed by atoms with E-state index in [1.54, 1.807) is 32.4 Å². The Balaban J connectivity index is 1.68. The van der Waals surface area contributed by atoms with Crippen molar-refractivity contribution in [1.29, 1.82) is 0 Å². The molecule has 0 saturated carbocycles. The number of anilines is 1. The van der Waals surface area contributed by atoms with Gasteiger partial charge in [0.1, 0.15) is 0 Å². The zero-order valence-electron chi connectivity index (χ0n) is 16.4. The first-order chi connectivity index (χ1) is 14.0. The summed E-state index contributed by atoms with van der Waals surface area (Å²) in [6, 6.07) is 11.0. The summed E-state index contributed by atoms with van der Waals surface area (Å²) in [6.45, 7) is 0.388. The monoisotopic (exact) mass is 398 g/mol. The van der Waals surface area contributed by atoms with Gasteiger partial charge in [0, 0.05) is 6.54 Å². The van der Waals surface area contributed by atoms with Crippen molar-refractivity contribution in [2.45, 2.75) is 19.0 Å². The molecule has 8 heteroatoms. The molecule has 1 atom stereocenters. The number of carbonyl (C=O) groups excluding carboxylic acids is 3. The van der Waals surface area contributed by atoms with Crippen LogP contribution in [0.15, 0.2) is 42.5 Å². The van der Waals surface area contributed by atoms with Gasteiger partial charge in [0.15, 0.2) is 11.5 Å². The normalized spacial score (nSPS) is 16.1. The Morgan fingerprint density at radius 2 is 1.72 bits per heavy atom. The number of amides is 2. The Labute approximate surface area is 168 Å². The smallest absolute Gasteiger partial charge is 0.337 e. The van der Waals surface area contributed by atoms with Crippen molar-refractivity contribution in [3.63, 3.8) is 0 Å². The maximum Gasteiger partial charge on any atom is 0.337 e. The summed E-state index contributed by atoms with van der Waals surface area (Å²) >= 11 is 0. The first kappa shape index (κ1) is 20.3. The molecule has 152 valence electrons. The minimum atomic E-state index is -0.629. The highest BCUT2D eigenvalue weighted by Crippen LogP contribution is 2.28. The number of rotatable bonds is 7. The third-order valence-electron chi connectivity index (χ3n) is 4.69. The maximum atomic E-state index is 12.7. The molecule has 0 radical (unpaired) electrons. The van der Waals surface area contributed by atoms with E-state index in [2.05, 4.69) is 10.1 Å². The Morgan fingerprint density at radius 1 is 1.03 bits per heavy atom. The van der Waals surface area contributed by atoms with Crippen LogP contribution in [0, 0.1) is 0 Å². The summed E-state index contributed by atoms with van der Waals surface area (Å²) in [5.41, 5.74) is 1.66. The molecule has 0 unspecified atom stereocenters. The van der Waals surface area contributed by atoms with Gasteiger partial charge in [-0.1, -0.05) is 6.07 Å². The number of benzene rings is 2. The Bertz CT molecular complexity index is 925. The van der Waals surface area contributed by atoms with E-state index in [9.17, 15) is 14.4 Å². The number of hydrogen-bond acceptors (Lipinski definition) is 7.